The van der Waals surface area contributed by atoms with Gasteiger partial charge in [0.1, 0.15) is 12.7 Å². The zero-order chi connectivity index (χ0) is 43.1. The molecular formula is C53H100O5S. The fraction of sp³-hybridized carbons (Fsp3) is 0.906. The van der Waals surface area contributed by atoms with Crippen molar-refractivity contribution in [2.24, 2.45) is 0 Å². The van der Waals surface area contributed by atoms with E-state index in [-0.39, 0.29) is 18.5 Å². The molecule has 59 heavy (non-hydrogen) atoms. The van der Waals surface area contributed by atoms with Crippen LogP contribution in [0.4, 0.5) is 0 Å². The molecule has 0 amide bonds. The van der Waals surface area contributed by atoms with Gasteiger partial charge in [0.15, 0.2) is 6.10 Å². The number of aliphatic hydroxyl groups is 1. The number of aliphatic hydroxyl groups excluding tert-OH is 1. The molecular weight excluding hydrogens is 749 g/mol. The van der Waals surface area contributed by atoms with Gasteiger partial charge < -0.3 is 14.6 Å². The Hall–Kier alpha value is -1.27. The average molecular weight is 849 g/mol. The summed E-state index contributed by atoms with van der Waals surface area (Å²) in [5, 5.41) is 11.1. The van der Waals surface area contributed by atoms with E-state index in [0.29, 0.717) is 24.1 Å². The van der Waals surface area contributed by atoms with Crippen molar-refractivity contribution in [2.75, 3.05) is 6.61 Å². The van der Waals surface area contributed by atoms with E-state index in [9.17, 15) is 14.7 Å². The molecule has 0 saturated heterocycles. The number of carbonyl (C=O) groups is 2. The highest BCUT2D eigenvalue weighted by molar-refractivity contribution is 7.80. The highest BCUT2D eigenvalue weighted by Crippen LogP contribution is 2.18. The van der Waals surface area contributed by atoms with Crippen LogP contribution < -0.4 is 0 Å². The summed E-state index contributed by atoms with van der Waals surface area (Å²) < 4.78 is 11.3. The second-order valence-corrected chi connectivity index (χ2v) is 18.5. The van der Waals surface area contributed by atoms with Gasteiger partial charge in [-0.1, -0.05) is 251 Å². The molecule has 2 unspecified atom stereocenters. The Morgan fingerprint density at radius 1 is 0.424 bits per heavy atom. The molecule has 5 nitrogen and oxygen atoms in total. The van der Waals surface area contributed by atoms with Gasteiger partial charge in [0, 0.05) is 17.7 Å². The quantitative estimate of drug-likeness (QED) is 0.0285. The van der Waals surface area contributed by atoms with Gasteiger partial charge in [-0.25, -0.2) is 0 Å². The summed E-state index contributed by atoms with van der Waals surface area (Å²) in [6.07, 6.45) is 52.5. The van der Waals surface area contributed by atoms with Crippen molar-refractivity contribution >= 4 is 29.0 Å². The van der Waals surface area contributed by atoms with Crippen LogP contribution in [0.15, 0.2) is 12.2 Å². The first-order valence-corrected chi connectivity index (χ1v) is 26.6. The highest BCUT2D eigenvalue weighted by atomic mass is 32.1. The van der Waals surface area contributed by atoms with E-state index in [0.717, 1.165) is 57.8 Å². The number of esters is 2. The van der Waals surface area contributed by atoms with Crippen molar-refractivity contribution in [2.45, 2.75) is 303 Å². The van der Waals surface area contributed by atoms with E-state index in [1.807, 2.05) is 0 Å². The third-order valence-electron chi connectivity index (χ3n) is 12.0. The second kappa shape index (κ2) is 47.8. The van der Waals surface area contributed by atoms with Gasteiger partial charge in [0.2, 0.25) is 0 Å². The summed E-state index contributed by atoms with van der Waals surface area (Å²) in [6, 6.07) is 0. The van der Waals surface area contributed by atoms with Gasteiger partial charge >= 0.3 is 11.9 Å². The molecule has 0 heterocycles. The Bertz CT molecular complexity index is 935. The largest absolute Gasteiger partial charge is 0.463 e. The molecule has 0 bridgehead atoms. The first-order valence-electron chi connectivity index (χ1n) is 26.2. The topological polar surface area (TPSA) is 72.8 Å². The third-order valence-corrected chi connectivity index (χ3v) is 12.4. The Kier molecular flexibility index (Phi) is 46.7. The minimum absolute atomic E-state index is 0.193. The lowest BCUT2D eigenvalue weighted by molar-refractivity contribution is -0.156. The number of carbonyl (C=O) groups excluding carboxylic acids is 2. The minimum Gasteiger partial charge on any atom is -0.463 e. The lowest BCUT2D eigenvalue weighted by atomic mass is 10.0. The van der Waals surface area contributed by atoms with E-state index in [1.165, 1.54) is 193 Å². The molecule has 0 fully saturated rings. The first-order chi connectivity index (χ1) is 29.0. The van der Waals surface area contributed by atoms with Crippen LogP contribution in [-0.2, 0) is 19.1 Å². The van der Waals surface area contributed by atoms with Crippen LogP contribution in [0.25, 0.3) is 0 Å². The van der Waals surface area contributed by atoms with Crippen LogP contribution in [0.3, 0.4) is 0 Å². The van der Waals surface area contributed by atoms with E-state index < -0.39 is 12.2 Å². The van der Waals surface area contributed by atoms with E-state index in [2.05, 4.69) is 32.9 Å². The Labute approximate surface area is 373 Å². The standard InChI is InChI=1S/C53H100O5S/c1-4-7-10-13-16-19-22-25-26-29-32-35-38-41-44-47-52(56)58-53(50(59)45-42-39-36-33-30-27-23-20-17-14-11-8-5-2)49(54)48-57-51(55)46-43-40-37-34-31-28-24-21-18-15-12-9-6-3/h25-26,49,53-54H,4-24,27-48H2,1-3H3/b26-25-. The fourth-order valence-electron chi connectivity index (χ4n) is 7.98. The Balaban J connectivity index is 4.47. The van der Waals surface area contributed by atoms with Crippen LogP contribution in [0.2, 0.25) is 0 Å². The number of ether oxygens (including phenoxy) is 2. The molecule has 0 radical (unpaired) electrons. The number of thiocarbonyl (C=S) groups is 1. The Morgan fingerprint density at radius 3 is 1.07 bits per heavy atom. The summed E-state index contributed by atoms with van der Waals surface area (Å²) in [7, 11) is 0. The van der Waals surface area contributed by atoms with Crippen molar-refractivity contribution in [3.05, 3.63) is 12.2 Å². The van der Waals surface area contributed by atoms with Crippen molar-refractivity contribution in [1.82, 2.24) is 0 Å². The van der Waals surface area contributed by atoms with Gasteiger partial charge in [-0.2, -0.15) is 0 Å². The zero-order valence-corrected chi connectivity index (χ0v) is 40.5. The fourth-order valence-corrected chi connectivity index (χ4v) is 8.33. The number of unbranched alkanes of at least 4 members (excludes halogenated alkanes) is 35. The molecule has 0 aromatic carbocycles. The van der Waals surface area contributed by atoms with E-state index in [4.69, 9.17) is 21.7 Å². The zero-order valence-electron chi connectivity index (χ0n) is 39.7. The van der Waals surface area contributed by atoms with Gasteiger partial charge in [-0.3, -0.25) is 9.59 Å². The van der Waals surface area contributed by atoms with Crippen molar-refractivity contribution in [1.29, 1.82) is 0 Å². The molecule has 1 N–H and O–H groups in total. The van der Waals surface area contributed by atoms with Crippen LogP contribution in [0, 0.1) is 0 Å². The van der Waals surface area contributed by atoms with Gasteiger partial charge in [-0.05, 0) is 51.4 Å². The normalized spacial score (nSPS) is 12.6. The molecule has 0 aliphatic rings. The first kappa shape index (κ1) is 57.7. The molecule has 0 spiro atoms. The van der Waals surface area contributed by atoms with Crippen molar-refractivity contribution < 1.29 is 24.2 Å². The molecule has 0 saturated carbocycles. The molecule has 0 aromatic rings. The highest BCUT2D eigenvalue weighted by Gasteiger charge is 2.28. The SMILES string of the molecule is CCCCCCCC/C=C\CCCCCCCC(=O)OC(C(=S)CCCCCCCCCCCCCCC)C(O)COC(=O)CCCCCCCCCCCCCCC. The number of allylic oxidation sites excluding steroid dienone is 2. The van der Waals surface area contributed by atoms with Gasteiger partial charge in [0.25, 0.3) is 0 Å². The summed E-state index contributed by atoms with van der Waals surface area (Å²) in [4.78, 5) is 26.1. The molecule has 0 aliphatic heterocycles. The summed E-state index contributed by atoms with van der Waals surface area (Å²) >= 11 is 5.77. The van der Waals surface area contributed by atoms with Gasteiger partial charge in [0.05, 0.1) is 0 Å². The van der Waals surface area contributed by atoms with Crippen molar-refractivity contribution in [3.63, 3.8) is 0 Å². The molecule has 2 atom stereocenters. The summed E-state index contributed by atoms with van der Waals surface area (Å²) in [5.41, 5.74) is 0. The molecule has 6 heteroatoms. The predicted octanol–water partition coefficient (Wildman–Crippen LogP) is 17.2. The van der Waals surface area contributed by atoms with E-state index >= 15 is 0 Å². The number of rotatable bonds is 48. The lowest BCUT2D eigenvalue weighted by Crippen LogP contribution is -2.40. The summed E-state index contributed by atoms with van der Waals surface area (Å²) in [5.74, 6) is -0.620. The lowest BCUT2D eigenvalue weighted by Gasteiger charge is -2.24. The summed E-state index contributed by atoms with van der Waals surface area (Å²) in [6.45, 7) is 6.61. The average Bonchev–Trinajstić information content (AvgIpc) is 3.23. The Morgan fingerprint density at radius 2 is 0.712 bits per heavy atom. The maximum absolute atomic E-state index is 13.0. The molecule has 0 rings (SSSR count). The van der Waals surface area contributed by atoms with Crippen LogP contribution >= 0.6 is 12.2 Å². The maximum atomic E-state index is 13.0. The third kappa shape index (κ3) is 43.2. The van der Waals surface area contributed by atoms with Crippen LogP contribution in [-0.4, -0.2) is 40.7 Å². The smallest absolute Gasteiger partial charge is 0.306 e. The van der Waals surface area contributed by atoms with Crippen LogP contribution in [0.1, 0.15) is 290 Å². The maximum Gasteiger partial charge on any atom is 0.306 e. The number of hydrogen-bond acceptors (Lipinski definition) is 6. The number of hydrogen-bond donors (Lipinski definition) is 1. The molecule has 0 aromatic heterocycles. The van der Waals surface area contributed by atoms with Crippen molar-refractivity contribution in [3.8, 4) is 0 Å². The second-order valence-electron chi connectivity index (χ2n) is 17.9. The molecule has 348 valence electrons. The monoisotopic (exact) mass is 849 g/mol. The molecule has 0 aliphatic carbocycles. The van der Waals surface area contributed by atoms with E-state index in [1.54, 1.807) is 0 Å². The predicted molar refractivity (Wildman–Crippen MR) is 260 cm³/mol. The van der Waals surface area contributed by atoms with Gasteiger partial charge in [-0.15, -0.1) is 0 Å². The minimum atomic E-state index is -1.14. The van der Waals surface area contributed by atoms with Crippen LogP contribution in [0.5, 0.6) is 0 Å².